The van der Waals surface area contributed by atoms with Crippen LogP contribution in [0.25, 0.3) is 0 Å². The molecule has 3 rings (SSSR count). The highest BCUT2D eigenvalue weighted by Gasteiger charge is 2.10. The van der Waals surface area contributed by atoms with E-state index in [-0.39, 0.29) is 5.91 Å². The third kappa shape index (κ3) is 5.60. The van der Waals surface area contributed by atoms with Crippen molar-refractivity contribution in [3.05, 3.63) is 65.9 Å². The van der Waals surface area contributed by atoms with Gasteiger partial charge in [0.1, 0.15) is 17.3 Å². The van der Waals surface area contributed by atoms with Crippen molar-refractivity contribution in [2.75, 3.05) is 37.9 Å². The zero-order chi connectivity index (χ0) is 21.3. The molecule has 8 nitrogen and oxygen atoms in total. The first-order chi connectivity index (χ1) is 14.6. The second-order valence-electron chi connectivity index (χ2n) is 6.45. The Labute approximate surface area is 175 Å². The van der Waals surface area contributed by atoms with E-state index in [0.29, 0.717) is 36.2 Å². The van der Waals surface area contributed by atoms with Gasteiger partial charge in [0.05, 0.1) is 19.8 Å². The third-order valence-corrected chi connectivity index (χ3v) is 4.26. The van der Waals surface area contributed by atoms with Gasteiger partial charge in [-0.15, -0.1) is 0 Å². The largest absolute Gasteiger partial charge is 0.497 e. The van der Waals surface area contributed by atoms with Crippen LogP contribution >= 0.6 is 0 Å². The SMILES string of the molecule is COc1ccc(Nc2cc(C)nc(NCCNC(=O)c3ccccc3OC)n2)cc1. The maximum Gasteiger partial charge on any atom is 0.255 e. The molecule has 8 heteroatoms. The molecule has 0 atom stereocenters. The second kappa shape index (κ2) is 10.1. The second-order valence-corrected chi connectivity index (χ2v) is 6.45. The molecule has 0 bridgehead atoms. The Morgan fingerprint density at radius 3 is 2.47 bits per heavy atom. The van der Waals surface area contributed by atoms with Gasteiger partial charge in [-0.3, -0.25) is 4.79 Å². The van der Waals surface area contributed by atoms with Gasteiger partial charge in [-0.2, -0.15) is 4.98 Å². The summed E-state index contributed by atoms with van der Waals surface area (Å²) in [6.07, 6.45) is 0. The van der Waals surface area contributed by atoms with Gasteiger partial charge in [0.25, 0.3) is 5.91 Å². The Morgan fingerprint density at radius 2 is 1.73 bits per heavy atom. The van der Waals surface area contributed by atoms with E-state index in [9.17, 15) is 4.79 Å². The summed E-state index contributed by atoms with van der Waals surface area (Å²) < 4.78 is 10.4. The van der Waals surface area contributed by atoms with Gasteiger partial charge in [-0.05, 0) is 43.3 Å². The number of nitrogens with one attached hydrogen (secondary N) is 3. The molecule has 1 amide bonds. The Hall–Kier alpha value is -3.81. The Bertz CT molecular complexity index is 992. The summed E-state index contributed by atoms with van der Waals surface area (Å²) in [6, 6.07) is 16.5. The molecule has 2 aromatic carbocycles. The topological polar surface area (TPSA) is 97.4 Å². The van der Waals surface area contributed by atoms with E-state index in [1.807, 2.05) is 43.3 Å². The van der Waals surface area contributed by atoms with Crippen LogP contribution < -0.4 is 25.4 Å². The van der Waals surface area contributed by atoms with E-state index in [1.54, 1.807) is 32.4 Å². The fraction of sp³-hybridized carbons (Fsp3) is 0.227. The third-order valence-electron chi connectivity index (χ3n) is 4.26. The molecule has 0 saturated heterocycles. The lowest BCUT2D eigenvalue weighted by Crippen LogP contribution is -2.29. The fourth-order valence-corrected chi connectivity index (χ4v) is 2.81. The number of hydrogen-bond donors (Lipinski definition) is 3. The maximum atomic E-state index is 12.3. The van der Waals surface area contributed by atoms with Gasteiger partial charge in [0.2, 0.25) is 5.95 Å². The molecule has 3 aromatic rings. The van der Waals surface area contributed by atoms with Gasteiger partial charge < -0.3 is 25.4 Å². The van der Waals surface area contributed by atoms with Crippen LogP contribution in [-0.4, -0.2) is 43.2 Å². The first-order valence-electron chi connectivity index (χ1n) is 9.51. The molecule has 0 fully saturated rings. The molecule has 3 N–H and O–H groups in total. The number of anilines is 3. The number of aromatic nitrogens is 2. The Kier molecular flexibility index (Phi) is 7.05. The number of para-hydroxylation sites is 1. The molecule has 156 valence electrons. The van der Waals surface area contributed by atoms with E-state index >= 15 is 0 Å². The molecular weight excluding hydrogens is 382 g/mol. The highest BCUT2D eigenvalue weighted by molar-refractivity contribution is 5.96. The summed E-state index contributed by atoms with van der Waals surface area (Å²) in [4.78, 5) is 21.2. The highest BCUT2D eigenvalue weighted by Crippen LogP contribution is 2.20. The summed E-state index contributed by atoms with van der Waals surface area (Å²) in [6.45, 7) is 2.79. The van der Waals surface area contributed by atoms with E-state index in [1.165, 1.54) is 0 Å². The smallest absolute Gasteiger partial charge is 0.255 e. The van der Waals surface area contributed by atoms with Crippen molar-refractivity contribution < 1.29 is 14.3 Å². The van der Waals surface area contributed by atoms with E-state index in [4.69, 9.17) is 9.47 Å². The van der Waals surface area contributed by atoms with Crippen molar-refractivity contribution in [1.82, 2.24) is 15.3 Å². The van der Waals surface area contributed by atoms with Crippen molar-refractivity contribution in [1.29, 1.82) is 0 Å². The summed E-state index contributed by atoms with van der Waals surface area (Å²) in [5.74, 6) is 2.29. The predicted molar refractivity (Wildman–Crippen MR) is 117 cm³/mol. The molecule has 0 aliphatic rings. The van der Waals surface area contributed by atoms with Gasteiger partial charge in [0, 0.05) is 30.5 Å². The minimum absolute atomic E-state index is 0.193. The van der Waals surface area contributed by atoms with Crippen molar-refractivity contribution in [2.45, 2.75) is 6.92 Å². The lowest BCUT2D eigenvalue weighted by atomic mass is 10.2. The minimum Gasteiger partial charge on any atom is -0.497 e. The number of ether oxygens (including phenoxy) is 2. The first kappa shape index (κ1) is 20.9. The summed E-state index contributed by atoms with van der Waals surface area (Å²) >= 11 is 0. The van der Waals surface area contributed by atoms with E-state index in [0.717, 1.165) is 17.1 Å². The Balaban J connectivity index is 1.54. The average Bonchev–Trinajstić information content (AvgIpc) is 2.76. The van der Waals surface area contributed by atoms with Crippen LogP contribution in [0.2, 0.25) is 0 Å². The van der Waals surface area contributed by atoms with Gasteiger partial charge in [0.15, 0.2) is 0 Å². The molecule has 0 unspecified atom stereocenters. The normalized spacial score (nSPS) is 10.2. The van der Waals surface area contributed by atoms with E-state index in [2.05, 4.69) is 25.9 Å². The number of rotatable bonds is 9. The van der Waals surface area contributed by atoms with Crippen LogP contribution in [0.15, 0.2) is 54.6 Å². The highest BCUT2D eigenvalue weighted by atomic mass is 16.5. The van der Waals surface area contributed by atoms with Crippen molar-refractivity contribution in [3.8, 4) is 11.5 Å². The summed E-state index contributed by atoms with van der Waals surface area (Å²) in [5.41, 5.74) is 2.21. The van der Waals surface area contributed by atoms with Gasteiger partial charge in [-0.1, -0.05) is 12.1 Å². The molecule has 0 aliphatic heterocycles. The zero-order valence-corrected chi connectivity index (χ0v) is 17.2. The number of aryl methyl sites for hydroxylation is 1. The number of carbonyl (C=O) groups is 1. The lowest BCUT2D eigenvalue weighted by molar-refractivity contribution is 0.0952. The number of carbonyl (C=O) groups excluding carboxylic acids is 1. The van der Waals surface area contributed by atoms with Crippen LogP contribution in [-0.2, 0) is 0 Å². The van der Waals surface area contributed by atoms with Crippen molar-refractivity contribution >= 4 is 23.4 Å². The first-order valence-corrected chi connectivity index (χ1v) is 9.51. The van der Waals surface area contributed by atoms with Gasteiger partial charge >= 0.3 is 0 Å². The van der Waals surface area contributed by atoms with Crippen LogP contribution in [0.1, 0.15) is 16.1 Å². The average molecular weight is 407 g/mol. The predicted octanol–water partition coefficient (Wildman–Crippen LogP) is 3.39. The van der Waals surface area contributed by atoms with Crippen molar-refractivity contribution in [3.63, 3.8) is 0 Å². The van der Waals surface area contributed by atoms with Crippen LogP contribution in [0.3, 0.4) is 0 Å². The van der Waals surface area contributed by atoms with E-state index < -0.39 is 0 Å². The monoisotopic (exact) mass is 407 g/mol. The molecule has 0 radical (unpaired) electrons. The van der Waals surface area contributed by atoms with Crippen molar-refractivity contribution in [2.24, 2.45) is 0 Å². The fourth-order valence-electron chi connectivity index (χ4n) is 2.81. The number of nitrogens with zero attached hydrogens (tertiary/aromatic N) is 2. The standard InChI is InChI=1S/C22H25N5O3/c1-15-14-20(26-16-8-10-17(29-2)11-9-16)27-22(25-15)24-13-12-23-21(28)18-6-4-5-7-19(18)30-3/h4-11,14H,12-13H2,1-3H3,(H,23,28)(H2,24,25,26,27). The van der Waals surface area contributed by atoms with Crippen LogP contribution in [0.5, 0.6) is 11.5 Å². The molecule has 0 spiro atoms. The molecule has 0 aliphatic carbocycles. The maximum absolute atomic E-state index is 12.3. The molecule has 1 heterocycles. The molecule has 30 heavy (non-hydrogen) atoms. The molecule has 0 saturated carbocycles. The lowest BCUT2D eigenvalue weighted by Gasteiger charge is -2.11. The zero-order valence-electron chi connectivity index (χ0n) is 17.2. The minimum atomic E-state index is -0.193. The summed E-state index contributed by atoms with van der Waals surface area (Å²) in [7, 11) is 3.17. The number of benzene rings is 2. The number of hydrogen-bond acceptors (Lipinski definition) is 7. The van der Waals surface area contributed by atoms with Crippen LogP contribution in [0, 0.1) is 6.92 Å². The van der Waals surface area contributed by atoms with Gasteiger partial charge in [-0.25, -0.2) is 4.98 Å². The summed E-state index contributed by atoms with van der Waals surface area (Å²) in [5, 5.41) is 9.25. The molecule has 1 aromatic heterocycles. The quantitative estimate of drug-likeness (QED) is 0.468. The number of amides is 1. The molecular formula is C22H25N5O3. The number of methoxy groups -OCH3 is 2. The van der Waals surface area contributed by atoms with Crippen LogP contribution in [0.4, 0.5) is 17.5 Å². The Morgan fingerprint density at radius 1 is 0.967 bits per heavy atom.